The molecular weight excluding hydrogens is 192 g/mol. The number of nitrogens with one attached hydrogen (secondary N) is 1. The van der Waals surface area contributed by atoms with Crippen LogP contribution in [0.1, 0.15) is 32.1 Å². The van der Waals surface area contributed by atoms with Crippen LogP contribution in [0.5, 0.6) is 0 Å². The van der Waals surface area contributed by atoms with Gasteiger partial charge >= 0.3 is 6.09 Å². The topological polar surface area (TPSA) is 64.3 Å². The maximum atomic E-state index is 11.2. The molecule has 0 unspecified atom stereocenters. The van der Waals surface area contributed by atoms with Crippen molar-refractivity contribution in [3.8, 4) is 0 Å². The smallest absolute Gasteiger partial charge is 0.407 e. The van der Waals surface area contributed by atoms with Gasteiger partial charge in [-0.05, 0) is 31.8 Å². The molecule has 4 nitrogen and oxygen atoms in total. The molecule has 15 heavy (non-hydrogen) atoms. The van der Waals surface area contributed by atoms with Crippen molar-refractivity contribution < 1.29 is 9.53 Å². The number of hydrogen-bond acceptors (Lipinski definition) is 3. The SMILES string of the molecule is NCCNC(=O)O[C@@H]1/C=C/CCCCC1. The molecule has 0 aromatic rings. The van der Waals surface area contributed by atoms with Crippen LogP contribution in [0.25, 0.3) is 0 Å². The zero-order valence-electron chi connectivity index (χ0n) is 9.08. The molecule has 0 spiro atoms. The van der Waals surface area contributed by atoms with Crippen LogP contribution in [-0.4, -0.2) is 25.3 Å². The predicted molar refractivity (Wildman–Crippen MR) is 59.6 cm³/mol. The summed E-state index contributed by atoms with van der Waals surface area (Å²) in [5.41, 5.74) is 5.27. The van der Waals surface area contributed by atoms with Crippen molar-refractivity contribution in [3.63, 3.8) is 0 Å². The Labute approximate surface area is 90.9 Å². The molecule has 0 aromatic carbocycles. The van der Waals surface area contributed by atoms with Crippen LogP contribution in [0.4, 0.5) is 4.79 Å². The van der Waals surface area contributed by atoms with Crippen molar-refractivity contribution in [1.82, 2.24) is 5.32 Å². The van der Waals surface area contributed by atoms with E-state index < -0.39 is 0 Å². The van der Waals surface area contributed by atoms with Gasteiger partial charge in [0.25, 0.3) is 0 Å². The highest BCUT2D eigenvalue weighted by Crippen LogP contribution is 2.14. The van der Waals surface area contributed by atoms with Crippen molar-refractivity contribution in [2.45, 2.75) is 38.2 Å². The summed E-state index contributed by atoms with van der Waals surface area (Å²) in [6.45, 7) is 0.908. The van der Waals surface area contributed by atoms with Crippen LogP contribution in [0.2, 0.25) is 0 Å². The number of hydrogen-bond donors (Lipinski definition) is 2. The molecule has 0 fully saturated rings. The van der Waals surface area contributed by atoms with Crippen molar-refractivity contribution in [3.05, 3.63) is 12.2 Å². The lowest BCUT2D eigenvalue weighted by Gasteiger charge is -2.16. The summed E-state index contributed by atoms with van der Waals surface area (Å²) in [4.78, 5) is 11.2. The van der Waals surface area contributed by atoms with E-state index in [2.05, 4.69) is 11.4 Å². The lowest BCUT2D eigenvalue weighted by molar-refractivity contribution is 0.113. The van der Waals surface area contributed by atoms with Crippen molar-refractivity contribution in [1.29, 1.82) is 0 Å². The van der Waals surface area contributed by atoms with Gasteiger partial charge in [0.15, 0.2) is 0 Å². The summed E-state index contributed by atoms with van der Waals surface area (Å²) in [5.74, 6) is 0. The van der Waals surface area contributed by atoms with E-state index in [1.165, 1.54) is 12.8 Å². The summed E-state index contributed by atoms with van der Waals surface area (Å²) in [6, 6.07) is 0. The third-order valence-corrected chi connectivity index (χ3v) is 2.38. The van der Waals surface area contributed by atoms with Crippen LogP contribution in [-0.2, 0) is 4.74 Å². The van der Waals surface area contributed by atoms with E-state index in [4.69, 9.17) is 10.5 Å². The Balaban J connectivity index is 2.28. The molecule has 0 heterocycles. The molecule has 0 saturated heterocycles. The third-order valence-electron chi connectivity index (χ3n) is 2.38. The fourth-order valence-electron chi connectivity index (χ4n) is 1.58. The van der Waals surface area contributed by atoms with Crippen LogP contribution >= 0.6 is 0 Å². The number of rotatable bonds is 3. The number of nitrogens with two attached hydrogens (primary N) is 1. The lowest BCUT2D eigenvalue weighted by Crippen LogP contribution is -2.32. The molecule has 3 N–H and O–H groups in total. The summed E-state index contributed by atoms with van der Waals surface area (Å²) < 4.78 is 5.24. The van der Waals surface area contributed by atoms with E-state index in [1.54, 1.807) is 0 Å². The zero-order chi connectivity index (χ0) is 10.9. The Morgan fingerprint density at radius 1 is 1.47 bits per heavy atom. The first-order valence-electron chi connectivity index (χ1n) is 5.64. The van der Waals surface area contributed by atoms with E-state index in [9.17, 15) is 4.79 Å². The summed E-state index contributed by atoms with van der Waals surface area (Å²) in [6.07, 6.45) is 9.24. The monoisotopic (exact) mass is 212 g/mol. The van der Waals surface area contributed by atoms with Gasteiger partial charge in [-0.3, -0.25) is 0 Å². The Kier molecular flexibility index (Phi) is 5.85. The minimum atomic E-state index is -0.365. The van der Waals surface area contributed by atoms with Gasteiger partial charge in [-0.15, -0.1) is 0 Å². The van der Waals surface area contributed by atoms with Gasteiger partial charge in [-0.25, -0.2) is 4.79 Å². The van der Waals surface area contributed by atoms with Crippen molar-refractivity contribution >= 4 is 6.09 Å². The molecule has 86 valence electrons. The highest BCUT2D eigenvalue weighted by molar-refractivity contribution is 5.67. The minimum Gasteiger partial charge on any atom is -0.442 e. The fraction of sp³-hybridized carbons (Fsp3) is 0.727. The minimum absolute atomic E-state index is 0.0666. The molecule has 1 amide bonds. The van der Waals surface area contributed by atoms with E-state index >= 15 is 0 Å². The quantitative estimate of drug-likeness (QED) is 0.698. The normalized spacial score (nSPS) is 23.7. The van der Waals surface area contributed by atoms with Gasteiger partial charge in [0, 0.05) is 13.1 Å². The van der Waals surface area contributed by atoms with Crippen molar-refractivity contribution in [2.75, 3.05) is 13.1 Å². The molecule has 1 atom stereocenters. The number of ether oxygens (including phenoxy) is 1. The molecule has 4 heteroatoms. The summed E-state index contributed by atoms with van der Waals surface area (Å²) >= 11 is 0. The van der Waals surface area contributed by atoms with Crippen LogP contribution in [0.15, 0.2) is 12.2 Å². The number of carbonyl (C=O) groups is 1. The van der Waals surface area contributed by atoms with Crippen LogP contribution < -0.4 is 11.1 Å². The highest BCUT2D eigenvalue weighted by atomic mass is 16.6. The van der Waals surface area contributed by atoms with E-state index in [-0.39, 0.29) is 12.2 Å². The Hall–Kier alpha value is -1.03. The standard InChI is InChI=1S/C11H20N2O2/c12-8-9-13-11(14)15-10-6-4-2-1-3-5-7-10/h4,6,10H,1-3,5,7-9,12H2,(H,13,14)/b6-4+/t10-/m1/s1. The molecule has 0 saturated carbocycles. The number of allylic oxidation sites excluding steroid dienone is 1. The second-order valence-electron chi connectivity index (χ2n) is 3.73. The number of amides is 1. The highest BCUT2D eigenvalue weighted by Gasteiger charge is 2.11. The van der Waals surface area contributed by atoms with Gasteiger partial charge < -0.3 is 15.8 Å². The largest absolute Gasteiger partial charge is 0.442 e. The molecule has 0 bridgehead atoms. The Morgan fingerprint density at radius 2 is 2.33 bits per heavy atom. The predicted octanol–water partition coefficient (Wildman–Crippen LogP) is 1.56. The van der Waals surface area contributed by atoms with Gasteiger partial charge in [0.2, 0.25) is 0 Å². The van der Waals surface area contributed by atoms with E-state index in [0.29, 0.717) is 13.1 Å². The van der Waals surface area contributed by atoms with Gasteiger partial charge in [-0.2, -0.15) is 0 Å². The maximum absolute atomic E-state index is 11.2. The summed E-state index contributed by atoms with van der Waals surface area (Å²) in [5, 5.41) is 2.60. The van der Waals surface area contributed by atoms with Crippen LogP contribution in [0.3, 0.4) is 0 Å². The lowest BCUT2D eigenvalue weighted by atomic mass is 10.0. The average Bonchev–Trinajstić information content (AvgIpc) is 2.19. The molecule has 1 aliphatic carbocycles. The van der Waals surface area contributed by atoms with Gasteiger partial charge in [0.1, 0.15) is 6.10 Å². The maximum Gasteiger partial charge on any atom is 0.407 e. The molecule has 0 aromatic heterocycles. The van der Waals surface area contributed by atoms with Gasteiger partial charge in [-0.1, -0.05) is 12.5 Å². The molecule has 0 radical (unpaired) electrons. The van der Waals surface area contributed by atoms with E-state index in [0.717, 1.165) is 19.3 Å². The zero-order valence-corrected chi connectivity index (χ0v) is 9.08. The number of alkyl carbamates (subject to hydrolysis) is 1. The second-order valence-corrected chi connectivity index (χ2v) is 3.73. The first kappa shape index (κ1) is 12.0. The molecular formula is C11H20N2O2. The fourth-order valence-corrected chi connectivity index (χ4v) is 1.58. The first-order chi connectivity index (χ1) is 7.33. The molecule has 1 aliphatic rings. The third kappa shape index (κ3) is 5.42. The second kappa shape index (κ2) is 7.29. The molecule has 0 aliphatic heterocycles. The number of carbonyl (C=O) groups excluding carboxylic acids is 1. The first-order valence-corrected chi connectivity index (χ1v) is 5.64. The summed E-state index contributed by atoms with van der Waals surface area (Å²) in [7, 11) is 0. The molecule has 1 rings (SSSR count). The van der Waals surface area contributed by atoms with Crippen molar-refractivity contribution in [2.24, 2.45) is 5.73 Å². The van der Waals surface area contributed by atoms with E-state index in [1.807, 2.05) is 6.08 Å². The van der Waals surface area contributed by atoms with Gasteiger partial charge in [0.05, 0.1) is 0 Å². The Morgan fingerprint density at radius 3 is 3.13 bits per heavy atom. The average molecular weight is 212 g/mol. The van der Waals surface area contributed by atoms with Crippen LogP contribution in [0, 0.1) is 0 Å². The Bertz CT molecular complexity index is 217.